The third-order valence-electron chi connectivity index (χ3n) is 4.69. The lowest BCUT2D eigenvalue weighted by Crippen LogP contribution is -2.42. The van der Waals surface area contributed by atoms with E-state index >= 15 is 0 Å². The second-order valence-corrected chi connectivity index (χ2v) is 9.13. The number of alkyl carbamates (subject to hydrolysis) is 1. The van der Waals surface area contributed by atoms with E-state index < -0.39 is 5.60 Å². The van der Waals surface area contributed by atoms with Gasteiger partial charge in [-0.3, -0.25) is 9.78 Å². The fourth-order valence-electron chi connectivity index (χ4n) is 3.21. The highest BCUT2D eigenvalue weighted by Gasteiger charge is 2.24. The molecular weight excluding hydrogens is 388 g/mol. The average Bonchev–Trinajstić information content (AvgIpc) is 3.14. The number of ether oxygens (including phenoxy) is 1. The van der Waals surface area contributed by atoms with Crippen molar-refractivity contribution in [2.24, 2.45) is 5.92 Å². The molecule has 0 atom stereocenters. The Morgan fingerprint density at radius 2 is 2.07 bits per heavy atom. The number of rotatable bonds is 5. The summed E-state index contributed by atoms with van der Waals surface area (Å²) in [5.41, 5.74) is 1.27. The Hall–Kier alpha value is -2.48. The number of piperidine rings is 1. The highest BCUT2D eigenvalue weighted by molar-refractivity contribution is 7.13. The van der Waals surface area contributed by atoms with Crippen LogP contribution < -0.4 is 5.32 Å². The molecule has 29 heavy (non-hydrogen) atoms. The molecule has 0 aliphatic carbocycles. The SMILES string of the molecule is CC(C)(C)OC(=O)NCC1CCN(C(=O)Cc2csc(-c3cccnc3)n2)CC1. The number of thiazole rings is 1. The summed E-state index contributed by atoms with van der Waals surface area (Å²) in [6.45, 7) is 7.53. The van der Waals surface area contributed by atoms with Gasteiger partial charge in [0.1, 0.15) is 10.6 Å². The van der Waals surface area contributed by atoms with Crippen molar-refractivity contribution in [3.63, 3.8) is 0 Å². The third-order valence-corrected chi connectivity index (χ3v) is 5.63. The number of hydrogen-bond donors (Lipinski definition) is 1. The molecule has 156 valence electrons. The lowest BCUT2D eigenvalue weighted by Gasteiger charge is -2.32. The first-order valence-electron chi connectivity index (χ1n) is 9.89. The number of carbonyl (C=O) groups is 2. The zero-order chi connectivity index (χ0) is 20.9. The van der Waals surface area contributed by atoms with Gasteiger partial charge in [0.05, 0.1) is 12.1 Å². The van der Waals surface area contributed by atoms with E-state index in [0.29, 0.717) is 32.0 Å². The van der Waals surface area contributed by atoms with Crippen molar-refractivity contribution in [2.75, 3.05) is 19.6 Å². The van der Waals surface area contributed by atoms with Crippen LogP contribution in [0.1, 0.15) is 39.3 Å². The van der Waals surface area contributed by atoms with Gasteiger partial charge in [0.25, 0.3) is 0 Å². The van der Waals surface area contributed by atoms with Crippen molar-refractivity contribution in [2.45, 2.75) is 45.6 Å². The number of aromatic nitrogens is 2. The van der Waals surface area contributed by atoms with Crippen LogP contribution >= 0.6 is 11.3 Å². The van der Waals surface area contributed by atoms with Crippen molar-refractivity contribution in [3.05, 3.63) is 35.6 Å². The molecule has 1 aliphatic rings. The van der Waals surface area contributed by atoms with Crippen LogP contribution in [0.3, 0.4) is 0 Å². The molecule has 0 unspecified atom stereocenters. The number of amides is 2. The van der Waals surface area contributed by atoms with Gasteiger partial charge in [0, 0.05) is 43.0 Å². The quantitative estimate of drug-likeness (QED) is 0.806. The summed E-state index contributed by atoms with van der Waals surface area (Å²) >= 11 is 1.53. The van der Waals surface area contributed by atoms with Gasteiger partial charge in [-0.25, -0.2) is 9.78 Å². The first-order chi connectivity index (χ1) is 13.8. The van der Waals surface area contributed by atoms with Gasteiger partial charge in [-0.05, 0) is 51.7 Å². The smallest absolute Gasteiger partial charge is 0.407 e. The molecule has 8 heteroatoms. The minimum absolute atomic E-state index is 0.103. The van der Waals surface area contributed by atoms with Crippen LogP contribution in [-0.2, 0) is 16.0 Å². The van der Waals surface area contributed by atoms with E-state index in [2.05, 4.69) is 15.3 Å². The number of nitrogens with one attached hydrogen (secondary N) is 1. The largest absolute Gasteiger partial charge is 0.444 e. The Labute approximate surface area is 175 Å². The number of likely N-dealkylation sites (tertiary alicyclic amines) is 1. The number of hydrogen-bond acceptors (Lipinski definition) is 6. The molecule has 0 bridgehead atoms. The second-order valence-electron chi connectivity index (χ2n) is 8.27. The van der Waals surface area contributed by atoms with Crippen LogP contribution in [-0.4, -0.2) is 52.1 Å². The van der Waals surface area contributed by atoms with Crippen LogP contribution in [0.15, 0.2) is 29.9 Å². The molecule has 0 radical (unpaired) electrons. The maximum atomic E-state index is 12.6. The molecule has 1 fully saturated rings. The standard InChI is InChI=1S/C21H28N4O3S/c1-21(2,3)28-20(27)23-12-15-6-9-25(10-7-15)18(26)11-17-14-29-19(24-17)16-5-4-8-22-13-16/h4-5,8,13-15H,6-7,9-12H2,1-3H3,(H,23,27). The molecule has 1 N–H and O–H groups in total. The number of nitrogens with zero attached hydrogens (tertiary/aromatic N) is 3. The Morgan fingerprint density at radius 1 is 1.31 bits per heavy atom. The summed E-state index contributed by atoms with van der Waals surface area (Å²) in [4.78, 5) is 35.0. The van der Waals surface area contributed by atoms with E-state index in [1.807, 2.05) is 43.2 Å². The molecule has 1 saturated heterocycles. The van der Waals surface area contributed by atoms with Crippen molar-refractivity contribution in [3.8, 4) is 10.6 Å². The molecule has 3 heterocycles. The van der Waals surface area contributed by atoms with E-state index in [9.17, 15) is 9.59 Å². The summed E-state index contributed by atoms with van der Waals surface area (Å²) in [5.74, 6) is 0.467. The van der Waals surface area contributed by atoms with Crippen LogP contribution in [0.2, 0.25) is 0 Å². The maximum absolute atomic E-state index is 12.6. The van der Waals surface area contributed by atoms with E-state index in [1.54, 1.807) is 12.4 Å². The minimum atomic E-state index is -0.494. The monoisotopic (exact) mass is 416 g/mol. The van der Waals surface area contributed by atoms with Crippen molar-refractivity contribution < 1.29 is 14.3 Å². The summed E-state index contributed by atoms with van der Waals surface area (Å²) in [7, 11) is 0. The Bertz CT molecular complexity index is 824. The highest BCUT2D eigenvalue weighted by Crippen LogP contribution is 2.24. The van der Waals surface area contributed by atoms with Gasteiger partial charge < -0.3 is 15.0 Å². The summed E-state index contributed by atoms with van der Waals surface area (Å²) < 4.78 is 5.26. The van der Waals surface area contributed by atoms with E-state index in [0.717, 1.165) is 29.1 Å². The predicted molar refractivity (Wildman–Crippen MR) is 113 cm³/mol. The maximum Gasteiger partial charge on any atom is 0.407 e. The molecule has 1 aliphatic heterocycles. The normalized spacial score (nSPS) is 15.2. The first-order valence-corrected chi connectivity index (χ1v) is 10.8. The van der Waals surface area contributed by atoms with Gasteiger partial charge >= 0.3 is 6.09 Å². The van der Waals surface area contributed by atoms with Crippen LogP contribution in [0.5, 0.6) is 0 Å². The van der Waals surface area contributed by atoms with E-state index in [-0.39, 0.29) is 12.0 Å². The predicted octanol–water partition coefficient (Wildman–Crippen LogP) is 3.51. The Kier molecular flexibility index (Phi) is 6.84. The van der Waals surface area contributed by atoms with Crippen LogP contribution in [0.25, 0.3) is 10.6 Å². The topological polar surface area (TPSA) is 84.4 Å². The highest BCUT2D eigenvalue weighted by atomic mass is 32.1. The molecule has 7 nitrogen and oxygen atoms in total. The van der Waals surface area contributed by atoms with Crippen molar-refractivity contribution in [1.29, 1.82) is 0 Å². The van der Waals surface area contributed by atoms with Crippen molar-refractivity contribution in [1.82, 2.24) is 20.2 Å². The second kappa shape index (κ2) is 9.35. The molecule has 0 aromatic carbocycles. The number of carbonyl (C=O) groups excluding carboxylic acids is 2. The summed E-state index contributed by atoms with van der Waals surface area (Å²) in [6, 6.07) is 3.84. The lowest BCUT2D eigenvalue weighted by molar-refractivity contribution is -0.131. The summed E-state index contributed by atoms with van der Waals surface area (Å²) in [6.07, 6.45) is 5.19. The van der Waals surface area contributed by atoms with Gasteiger partial charge in [0.15, 0.2) is 0 Å². The first kappa shape index (κ1) is 21.2. The Balaban J connectivity index is 1.42. The van der Waals surface area contributed by atoms with Gasteiger partial charge in [0.2, 0.25) is 5.91 Å². The van der Waals surface area contributed by atoms with Gasteiger partial charge in [-0.1, -0.05) is 0 Å². The molecule has 2 aromatic rings. The molecule has 0 spiro atoms. The van der Waals surface area contributed by atoms with Gasteiger partial charge in [-0.15, -0.1) is 11.3 Å². The third kappa shape index (κ3) is 6.52. The molecular formula is C21H28N4O3S. The zero-order valence-electron chi connectivity index (χ0n) is 17.2. The minimum Gasteiger partial charge on any atom is -0.444 e. The molecule has 2 aromatic heterocycles. The number of pyridine rings is 1. The van der Waals surface area contributed by atoms with E-state index in [4.69, 9.17) is 4.74 Å². The van der Waals surface area contributed by atoms with E-state index in [1.165, 1.54) is 11.3 Å². The molecule has 0 saturated carbocycles. The summed E-state index contributed by atoms with van der Waals surface area (Å²) in [5, 5.41) is 5.66. The van der Waals surface area contributed by atoms with Crippen molar-refractivity contribution >= 4 is 23.3 Å². The lowest BCUT2D eigenvalue weighted by atomic mass is 9.96. The zero-order valence-corrected chi connectivity index (χ0v) is 18.0. The fourth-order valence-corrected chi connectivity index (χ4v) is 4.02. The van der Waals surface area contributed by atoms with Crippen LogP contribution in [0, 0.1) is 5.92 Å². The average molecular weight is 417 g/mol. The molecule has 2 amide bonds. The Morgan fingerprint density at radius 3 is 2.72 bits per heavy atom. The fraction of sp³-hybridized carbons (Fsp3) is 0.524. The van der Waals surface area contributed by atoms with Gasteiger partial charge in [-0.2, -0.15) is 0 Å². The van der Waals surface area contributed by atoms with Crippen LogP contribution in [0.4, 0.5) is 4.79 Å². The molecule has 3 rings (SSSR count).